The molecule has 0 atom stereocenters. The van der Waals surface area contributed by atoms with E-state index in [-0.39, 0.29) is 23.8 Å². The van der Waals surface area contributed by atoms with Crippen LogP contribution in [0, 0.1) is 11.8 Å². The van der Waals surface area contributed by atoms with Crippen LogP contribution in [0.2, 0.25) is 0 Å². The highest BCUT2D eigenvalue weighted by Crippen LogP contribution is 2.33. The van der Waals surface area contributed by atoms with E-state index in [4.69, 9.17) is 19.9 Å². The molecule has 1 fully saturated rings. The lowest BCUT2D eigenvalue weighted by molar-refractivity contribution is 0.00779. The van der Waals surface area contributed by atoms with Crippen LogP contribution in [0.25, 0.3) is 22.1 Å². The van der Waals surface area contributed by atoms with Crippen molar-refractivity contribution in [3.63, 3.8) is 0 Å². The minimum atomic E-state index is -1.09. The first-order chi connectivity index (χ1) is 25.6. The normalized spacial score (nSPS) is 13.9. The predicted octanol–water partition coefficient (Wildman–Crippen LogP) is 5.61. The minimum Gasteiger partial charge on any atom is -0.494 e. The maximum absolute atomic E-state index is 12.5. The third kappa shape index (κ3) is 9.02. The lowest BCUT2D eigenvalue weighted by atomic mass is 10.0. The van der Waals surface area contributed by atoms with Gasteiger partial charge in [-0.3, -0.25) is 18.4 Å². The second-order valence-corrected chi connectivity index (χ2v) is 14.7. The van der Waals surface area contributed by atoms with Gasteiger partial charge in [0.1, 0.15) is 34.7 Å². The highest BCUT2D eigenvalue weighted by atomic mass is 79.9. The van der Waals surface area contributed by atoms with Gasteiger partial charge in [0.25, 0.3) is 0 Å². The zero-order valence-corrected chi connectivity index (χ0v) is 34.0. The number of nitrogens with zero attached hydrogens (tertiary/aromatic N) is 6. The van der Waals surface area contributed by atoms with Crippen molar-refractivity contribution in [3.8, 4) is 23.3 Å². The Morgan fingerprint density at radius 1 is 0.889 bits per heavy atom. The van der Waals surface area contributed by atoms with Crippen LogP contribution in [0.3, 0.4) is 0 Å². The van der Waals surface area contributed by atoms with Crippen molar-refractivity contribution in [2.24, 2.45) is 5.73 Å². The molecule has 3 heterocycles. The van der Waals surface area contributed by atoms with E-state index in [1.54, 1.807) is 17.0 Å². The van der Waals surface area contributed by atoms with Crippen LogP contribution in [0.5, 0.6) is 11.5 Å². The number of imidazole rings is 2. The number of benzene rings is 2. The number of aromatic carboxylic acids is 1. The van der Waals surface area contributed by atoms with Crippen LogP contribution >= 0.6 is 32.3 Å². The average Bonchev–Trinajstić information content (AvgIpc) is 3.68. The number of nitrogens with one attached hydrogen (secondary N) is 2. The van der Waals surface area contributed by atoms with Gasteiger partial charge in [0.15, 0.2) is 0 Å². The number of anilines is 2. The van der Waals surface area contributed by atoms with Crippen LogP contribution in [-0.4, -0.2) is 103 Å². The van der Waals surface area contributed by atoms with Crippen molar-refractivity contribution in [1.29, 1.82) is 0 Å². The highest BCUT2D eigenvalue weighted by Gasteiger charge is 2.32. The van der Waals surface area contributed by atoms with Crippen LogP contribution < -0.4 is 23.9 Å². The van der Waals surface area contributed by atoms with Crippen molar-refractivity contribution >= 4 is 84.2 Å². The van der Waals surface area contributed by atoms with Gasteiger partial charge in [-0.25, -0.2) is 19.6 Å². The number of hydrogen-bond donors (Lipinski definition) is 4. The molecule has 5 rings (SSSR count). The number of carbonyl (C=O) groups excluding carboxylic acids is 2. The summed E-state index contributed by atoms with van der Waals surface area (Å²) in [6.45, 7) is 12.7. The van der Waals surface area contributed by atoms with Crippen molar-refractivity contribution < 1.29 is 33.7 Å². The number of methoxy groups -OCH3 is 1. The van der Waals surface area contributed by atoms with Crippen LogP contribution in [0.15, 0.2) is 36.4 Å². The van der Waals surface area contributed by atoms with Gasteiger partial charge in [-0.2, -0.15) is 0 Å². The zero-order valence-electron chi connectivity index (χ0n) is 30.8. The molecule has 0 spiro atoms. The number of hydrogen-bond acceptors (Lipinski definition) is 11. The third-order valence-corrected chi connectivity index (χ3v) is 9.40. The molecule has 18 heteroatoms. The summed E-state index contributed by atoms with van der Waals surface area (Å²) in [6, 6.07) is 6.13. The Hall–Kier alpha value is -4.99. The van der Waals surface area contributed by atoms with Crippen molar-refractivity contribution in [2.75, 3.05) is 48.6 Å². The minimum absolute atomic E-state index is 0.0260. The predicted molar refractivity (Wildman–Crippen MR) is 212 cm³/mol. The van der Waals surface area contributed by atoms with E-state index in [9.17, 15) is 19.5 Å². The molecule has 288 valence electrons. The lowest BCUT2D eigenvalue weighted by Gasteiger charge is -2.41. The number of ether oxygens (including phenoxy) is 3. The molecule has 2 amide bonds. The van der Waals surface area contributed by atoms with Gasteiger partial charge in [0, 0.05) is 77.1 Å². The Kier molecular flexibility index (Phi) is 12.3. The second-order valence-electron chi connectivity index (χ2n) is 13.9. The molecule has 1 aliphatic rings. The molecule has 4 aromatic rings. The standard InChI is InChI=1S/C36H43Br2N9O7/c1-35(2,3)54-34(51)44-13-15-45(16-14-44)36(4,5)10-9-17-53-27-20-22(30(39)48)18-24-29(27)47(33(40-24)43-38)12-8-7-11-46-28-25(41-32(46)42-37)19-23(31(49)50)21-26(28)52-6/h7-8,18-21H,11-17H2,1-6H3,(H2,39,48)(H,40,43)(H,41,42)(H,49,50). The number of fused-ring (bicyclic) bond motifs is 2. The molecule has 0 radical (unpaired) electrons. The Bertz CT molecular complexity index is 2150. The van der Waals surface area contributed by atoms with Crippen molar-refractivity contribution in [2.45, 2.75) is 58.8 Å². The summed E-state index contributed by atoms with van der Waals surface area (Å²) < 4.78 is 26.8. The lowest BCUT2D eigenvalue weighted by Crippen LogP contribution is -2.55. The first-order valence-corrected chi connectivity index (χ1v) is 18.5. The van der Waals surface area contributed by atoms with E-state index in [1.165, 1.54) is 19.2 Å². The van der Waals surface area contributed by atoms with E-state index < -0.39 is 23.0 Å². The molecule has 16 nitrogen and oxygen atoms in total. The van der Waals surface area contributed by atoms with Gasteiger partial charge >= 0.3 is 12.1 Å². The summed E-state index contributed by atoms with van der Waals surface area (Å²) in [4.78, 5) is 49.6. The fourth-order valence-corrected chi connectivity index (χ4v) is 6.68. The van der Waals surface area contributed by atoms with Gasteiger partial charge in [-0.05, 0) is 58.9 Å². The summed E-state index contributed by atoms with van der Waals surface area (Å²) in [5, 5.41) is 9.53. The molecule has 0 bridgehead atoms. The number of piperazine rings is 1. The molecular formula is C36H43Br2N9O7. The van der Waals surface area contributed by atoms with E-state index >= 15 is 0 Å². The van der Waals surface area contributed by atoms with Gasteiger partial charge in [0.2, 0.25) is 17.8 Å². The number of carboxylic acids is 1. The van der Waals surface area contributed by atoms with Gasteiger partial charge in [-0.1, -0.05) is 24.0 Å². The van der Waals surface area contributed by atoms with Crippen molar-refractivity contribution in [1.82, 2.24) is 28.9 Å². The Balaban J connectivity index is 1.34. The summed E-state index contributed by atoms with van der Waals surface area (Å²) in [5.41, 5.74) is 7.08. The fraction of sp³-hybridized carbons (Fsp3) is 0.417. The highest BCUT2D eigenvalue weighted by molar-refractivity contribution is 9.10. The summed E-state index contributed by atoms with van der Waals surface area (Å²) in [5.74, 6) is 6.38. The van der Waals surface area contributed by atoms with Crippen LogP contribution in [0.4, 0.5) is 16.7 Å². The molecule has 0 saturated carbocycles. The molecule has 5 N–H and O–H groups in total. The number of carboxylic acid groups (broad SMARTS) is 1. The molecule has 2 aromatic heterocycles. The average molecular weight is 874 g/mol. The van der Waals surface area contributed by atoms with Crippen molar-refractivity contribution in [3.05, 3.63) is 47.5 Å². The molecular weight excluding hydrogens is 830 g/mol. The number of primary amides is 1. The van der Waals surface area contributed by atoms with E-state index in [1.807, 2.05) is 55.9 Å². The number of aromatic nitrogens is 4. The van der Waals surface area contributed by atoms with Crippen LogP contribution in [0.1, 0.15) is 55.3 Å². The summed E-state index contributed by atoms with van der Waals surface area (Å²) in [7, 11) is 1.47. The Morgan fingerprint density at radius 3 is 1.93 bits per heavy atom. The van der Waals surface area contributed by atoms with Gasteiger partial charge in [0.05, 0.1) is 29.2 Å². The Morgan fingerprint density at radius 2 is 1.43 bits per heavy atom. The molecule has 2 aromatic carbocycles. The fourth-order valence-electron chi connectivity index (χ4n) is 6.07. The first kappa shape index (κ1) is 40.2. The molecule has 0 aliphatic carbocycles. The van der Waals surface area contributed by atoms with Gasteiger partial charge < -0.3 is 39.1 Å². The monoisotopic (exact) mass is 871 g/mol. The SMILES string of the molecule is COc1cc(C(=O)O)cc2nc(NBr)n(CC=CCn3c(NBr)nc4cc(C(N)=O)cc(OCC#CC(C)(C)N5CCN(C(=O)OC(C)(C)C)CC5)c43)c12. The molecule has 0 unspecified atom stereocenters. The molecule has 54 heavy (non-hydrogen) atoms. The quantitative estimate of drug-likeness (QED) is 0.0784. The first-order valence-electron chi connectivity index (χ1n) is 17.0. The van der Waals surface area contributed by atoms with E-state index in [2.05, 4.69) is 67.7 Å². The van der Waals surface area contributed by atoms with Crippen LogP contribution in [-0.2, 0) is 17.8 Å². The number of halogens is 2. The number of nitrogens with two attached hydrogens (primary N) is 1. The Labute approximate surface area is 329 Å². The number of allylic oxidation sites excluding steroid dienone is 2. The van der Waals surface area contributed by atoms with E-state index in [0.29, 0.717) is 84.7 Å². The number of rotatable bonds is 12. The summed E-state index contributed by atoms with van der Waals surface area (Å²) >= 11 is 6.54. The largest absolute Gasteiger partial charge is 0.494 e. The summed E-state index contributed by atoms with van der Waals surface area (Å²) in [6.07, 6.45) is 3.53. The maximum atomic E-state index is 12.5. The number of amides is 2. The van der Waals surface area contributed by atoms with E-state index in [0.717, 1.165) is 0 Å². The maximum Gasteiger partial charge on any atom is 0.410 e. The zero-order chi connectivity index (χ0) is 39.4. The second kappa shape index (κ2) is 16.6. The molecule has 1 aliphatic heterocycles. The molecule has 1 saturated heterocycles. The van der Waals surface area contributed by atoms with Gasteiger partial charge in [-0.15, -0.1) is 0 Å². The third-order valence-electron chi connectivity index (χ3n) is 8.69. The topological polar surface area (TPSA) is 191 Å². The smallest absolute Gasteiger partial charge is 0.410 e. The number of carbonyl (C=O) groups is 3.